The van der Waals surface area contributed by atoms with Crippen LogP contribution < -0.4 is 0 Å². The van der Waals surface area contributed by atoms with Gasteiger partial charge in [0.2, 0.25) is 0 Å². The second kappa shape index (κ2) is 6.54. The molecule has 1 saturated carbocycles. The Labute approximate surface area is 140 Å². The van der Waals surface area contributed by atoms with Crippen LogP contribution >= 0.6 is 0 Å². The van der Waals surface area contributed by atoms with Gasteiger partial charge in [-0.05, 0) is 59.3 Å². The van der Waals surface area contributed by atoms with E-state index in [4.69, 9.17) is 0 Å². The molecule has 0 amide bonds. The third kappa shape index (κ3) is 4.14. The smallest absolute Gasteiger partial charge is 0.0771 e. The van der Waals surface area contributed by atoms with Crippen molar-refractivity contribution in [2.75, 3.05) is 0 Å². The molecule has 3 N–H and O–H groups in total. The number of rotatable bonds is 4. The summed E-state index contributed by atoms with van der Waals surface area (Å²) in [6.45, 7) is 11.5. The van der Waals surface area contributed by atoms with E-state index in [1.54, 1.807) is 26.8 Å². The van der Waals surface area contributed by atoms with Crippen molar-refractivity contribution >= 4 is 0 Å². The Balaban J connectivity index is 2.18. The lowest BCUT2D eigenvalue weighted by atomic mass is 9.74. The lowest BCUT2D eigenvalue weighted by Gasteiger charge is -2.38. The lowest BCUT2D eigenvalue weighted by molar-refractivity contribution is -0.0736. The van der Waals surface area contributed by atoms with Crippen molar-refractivity contribution < 1.29 is 15.3 Å². The summed E-state index contributed by atoms with van der Waals surface area (Å²) in [5.74, 6) is 0.208. The van der Waals surface area contributed by atoms with Gasteiger partial charge in [0.1, 0.15) is 0 Å². The second-order valence-electron chi connectivity index (χ2n) is 8.23. The van der Waals surface area contributed by atoms with Crippen molar-refractivity contribution in [3.05, 3.63) is 36.0 Å². The highest BCUT2D eigenvalue weighted by Gasteiger charge is 2.46. The molecule has 0 bridgehead atoms. The standard InChI is InChI=1S/C20H32O3/c1-13-8-10-16(18(21)17-14(2)7-9-15(13)17)20(5,23)12-6-11-19(3,4)22/h6-7,11,15-18,21-23H,1,8-10,12H2,2-5H3/t15-,16+,17+,18+,20-/m0/s1. The molecule has 0 aromatic rings. The van der Waals surface area contributed by atoms with Gasteiger partial charge < -0.3 is 15.3 Å². The monoisotopic (exact) mass is 320 g/mol. The third-order valence-corrected chi connectivity index (χ3v) is 5.59. The van der Waals surface area contributed by atoms with E-state index < -0.39 is 17.3 Å². The first kappa shape index (κ1) is 18.4. The van der Waals surface area contributed by atoms with Gasteiger partial charge in [-0.15, -0.1) is 0 Å². The molecule has 0 aliphatic heterocycles. The Morgan fingerprint density at radius 2 is 1.96 bits per heavy atom. The highest BCUT2D eigenvalue weighted by atomic mass is 16.3. The van der Waals surface area contributed by atoms with Crippen LogP contribution in [0.1, 0.15) is 53.4 Å². The summed E-state index contributed by atoms with van der Waals surface area (Å²) in [6.07, 6.45) is 8.16. The Morgan fingerprint density at radius 3 is 2.57 bits per heavy atom. The molecule has 0 aromatic heterocycles. The van der Waals surface area contributed by atoms with E-state index in [2.05, 4.69) is 19.6 Å². The molecule has 5 atom stereocenters. The minimum Gasteiger partial charge on any atom is -0.392 e. The van der Waals surface area contributed by atoms with Crippen LogP contribution in [0.25, 0.3) is 0 Å². The van der Waals surface area contributed by atoms with Gasteiger partial charge in [0.15, 0.2) is 0 Å². The van der Waals surface area contributed by atoms with E-state index in [9.17, 15) is 15.3 Å². The first-order valence-corrected chi connectivity index (χ1v) is 8.68. The minimum atomic E-state index is -1.00. The zero-order valence-electron chi connectivity index (χ0n) is 14.9. The van der Waals surface area contributed by atoms with Crippen molar-refractivity contribution in [1.29, 1.82) is 0 Å². The maximum Gasteiger partial charge on any atom is 0.0771 e. The molecule has 0 unspecified atom stereocenters. The average molecular weight is 320 g/mol. The van der Waals surface area contributed by atoms with Gasteiger partial charge in [-0.2, -0.15) is 0 Å². The summed E-state index contributed by atoms with van der Waals surface area (Å²) in [5, 5.41) is 31.7. The highest BCUT2D eigenvalue weighted by Crippen LogP contribution is 2.47. The second-order valence-corrected chi connectivity index (χ2v) is 8.23. The van der Waals surface area contributed by atoms with Crippen molar-refractivity contribution in [3.8, 4) is 0 Å². The number of allylic oxidation sites excluding steroid dienone is 2. The van der Waals surface area contributed by atoms with Crippen LogP contribution in [0, 0.1) is 17.8 Å². The van der Waals surface area contributed by atoms with Crippen LogP contribution in [0.15, 0.2) is 36.0 Å². The van der Waals surface area contributed by atoms with Gasteiger partial charge in [-0.1, -0.05) is 36.0 Å². The van der Waals surface area contributed by atoms with Crippen LogP contribution in [0.2, 0.25) is 0 Å². The molecular formula is C20H32O3. The predicted molar refractivity (Wildman–Crippen MR) is 93.9 cm³/mol. The number of fused-ring (bicyclic) bond motifs is 1. The van der Waals surface area contributed by atoms with Gasteiger partial charge in [0.05, 0.1) is 17.3 Å². The van der Waals surface area contributed by atoms with Crippen LogP contribution in [-0.2, 0) is 0 Å². The van der Waals surface area contributed by atoms with Crippen molar-refractivity contribution in [2.24, 2.45) is 17.8 Å². The summed E-state index contributed by atoms with van der Waals surface area (Å²) in [5.41, 5.74) is 0.535. The summed E-state index contributed by atoms with van der Waals surface area (Å²) in [6, 6.07) is 0. The predicted octanol–water partition coefficient (Wildman–Crippen LogP) is 3.36. The molecule has 3 heteroatoms. The van der Waals surface area contributed by atoms with Crippen molar-refractivity contribution in [3.63, 3.8) is 0 Å². The molecule has 3 nitrogen and oxygen atoms in total. The SMILES string of the molecule is C=C1CC[C@@H]([C@@](C)(O)CC=CC(C)(C)O)[C@@H](O)[C@@H]2C(C)=CC[C@@H]12. The first-order valence-electron chi connectivity index (χ1n) is 8.68. The maximum atomic E-state index is 11.0. The Kier molecular flexibility index (Phi) is 5.24. The number of aliphatic hydroxyl groups is 3. The van der Waals surface area contributed by atoms with Gasteiger partial charge in [0.25, 0.3) is 0 Å². The molecule has 0 radical (unpaired) electrons. The zero-order valence-corrected chi connectivity index (χ0v) is 14.9. The molecule has 2 aliphatic carbocycles. The largest absolute Gasteiger partial charge is 0.392 e. The Bertz CT molecular complexity index is 507. The molecule has 2 rings (SSSR count). The normalized spacial score (nSPS) is 34.9. The van der Waals surface area contributed by atoms with E-state index in [-0.39, 0.29) is 11.8 Å². The topological polar surface area (TPSA) is 60.7 Å². The molecule has 0 aromatic carbocycles. The fourth-order valence-electron chi connectivity index (χ4n) is 4.20. The molecule has 23 heavy (non-hydrogen) atoms. The van der Waals surface area contributed by atoms with Crippen LogP contribution in [-0.4, -0.2) is 32.6 Å². The third-order valence-electron chi connectivity index (χ3n) is 5.59. The molecule has 0 heterocycles. The van der Waals surface area contributed by atoms with E-state index in [1.807, 2.05) is 6.08 Å². The molecule has 1 fully saturated rings. The van der Waals surface area contributed by atoms with Gasteiger partial charge in [-0.3, -0.25) is 0 Å². The molecule has 2 aliphatic rings. The summed E-state index contributed by atoms with van der Waals surface area (Å²) in [4.78, 5) is 0. The minimum absolute atomic E-state index is 0.0831. The van der Waals surface area contributed by atoms with Gasteiger partial charge in [0, 0.05) is 11.8 Å². The van der Waals surface area contributed by atoms with Crippen molar-refractivity contribution in [1.82, 2.24) is 0 Å². The molecule has 130 valence electrons. The van der Waals surface area contributed by atoms with E-state index in [0.717, 1.165) is 19.3 Å². The molecular weight excluding hydrogens is 288 g/mol. The molecule has 0 saturated heterocycles. The number of aliphatic hydroxyl groups excluding tert-OH is 1. The summed E-state index contributed by atoms with van der Waals surface area (Å²) in [7, 11) is 0. The fraction of sp³-hybridized carbons (Fsp3) is 0.700. The van der Waals surface area contributed by atoms with Crippen LogP contribution in [0.4, 0.5) is 0 Å². The number of hydrogen-bond acceptors (Lipinski definition) is 3. The molecule has 0 spiro atoms. The number of hydrogen-bond donors (Lipinski definition) is 3. The summed E-state index contributed by atoms with van der Waals surface area (Å²) >= 11 is 0. The quantitative estimate of drug-likeness (QED) is 0.696. The summed E-state index contributed by atoms with van der Waals surface area (Å²) < 4.78 is 0. The van der Waals surface area contributed by atoms with Crippen LogP contribution in [0.5, 0.6) is 0 Å². The van der Waals surface area contributed by atoms with E-state index in [0.29, 0.717) is 12.3 Å². The van der Waals surface area contributed by atoms with Crippen molar-refractivity contribution in [2.45, 2.75) is 70.7 Å². The Morgan fingerprint density at radius 1 is 1.30 bits per heavy atom. The average Bonchev–Trinajstić information content (AvgIpc) is 2.72. The van der Waals surface area contributed by atoms with E-state index >= 15 is 0 Å². The maximum absolute atomic E-state index is 11.0. The lowest BCUT2D eigenvalue weighted by Crippen LogP contribution is -2.44. The highest BCUT2D eigenvalue weighted by molar-refractivity contribution is 5.25. The Hall–Kier alpha value is -0.900. The van der Waals surface area contributed by atoms with Gasteiger partial charge >= 0.3 is 0 Å². The van der Waals surface area contributed by atoms with E-state index in [1.165, 1.54) is 11.1 Å². The first-order chi connectivity index (χ1) is 10.5. The zero-order chi connectivity index (χ0) is 17.4. The fourth-order valence-corrected chi connectivity index (χ4v) is 4.20. The van der Waals surface area contributed by atoms with Gasteiger partial charge in [-0.25, -0.2) is 0 Å². The van der Waals surface area contributed by atoms with Crippen LogP contribution in [0.3, 0.4) is 0 Å².